The number of benzene rings is 3. The lowest BCUT2D eigenvalue weighted by Crippen LogP contribution is -2.42. The molecule has 2 N–H and O–H groups in total. The lowest BCUT2D eigenvalue weighted by molar-refractivity contribution is -0.119. The summed E-state index contributed by atoms with van der Waals surface area (Å²) < 4.78 is 0. The van der Waals surface area contributed by atoms with Gasteiger partial charge in [0.1, 0.15) is 0 Å². The van der Waals surface area contributed by atoms with Gasteiger partial charge in [0.05, 0.1) is 16.3 Å². The largest absolute Gasteiger partial charge is 0.272 e. The van der Waals surface area contributed by atoms with Crippen molar-refractivity contribution in [3.05, 3.63) is 76.3 Å². The van der Waals surface area contributed by atoms with Gasteiger partial charge < -0.3 is 0 Å². The van der Waals surface area contributed by atoms with Gasteiger partial charge in [-0.25, -0.2) is 0 Å². The molecule has 2 amide bonds. The maximum absolute atomic E-state index is 12.0. The average Bonchev–Trinajstić information content (AvgIpc) is 2.65. The molecule has 0 spiro atoms. The zero-order valence-electron chi connectivity index (χ0n) is 13.5. The molecule has 0 heterocycles. The van der Waals surface area contributed by atoms with E-state index < -0.39 is 5.91 Å². The first-order valence-electron chi connectivity index (χ1n) is 7.70. The van der Waals surface area contributed by atoms with Crippen LogP contribution in [0.25, 0.3) is 10.8 Å². The van der Waals surface area contributed by atoms with Gasteiger partial charge in [0, 0.05) is 15.3 Å². The predicted octanol–water partition coefficient (Wildman–Crippen LogP) is 4.70. The molecule has 3 aromatic rings. The van der Waals surface area contributed by atoms with Crippen LogP contribution in [0.4, 0.5) is 0 Å². The Labute approximate surface area is 164 Å². The first-order chi connectivity index (χ1) is 12.6. The quantitative estimate of drug-likeness (QED) is 0.489. The van der Waals surface area contributed by atoms with Crippen molar-refractivity contribution in [3.63, 3.8) is 0 Å². The van der Waals surface area contributed by atoms with E-state index in [4.69, 9.17) is 23.2 Å². The Morgan fingerprint density at radius 1 is 0.846 bits per heavy atom. The zero-order valence-corrected chi connectivity index (χ0v) is 15.8. The van der Waals surface area contributed by atoms with E-state index in [1.165, 1.54) is 11.8 Å². The molecule has 0 saturated carbocycles. The predicted molar refractivity (Wildman–Crippen MR) is 107 cm³/mol. The van der Waals surface area contributed by atoms with E-state index in [-0.39, 0.29) is 11.7 Å². The standard InChI is InChI=1S/C19H14Cl2N2O2S/c20-14-8-2-1-7-13(14)19(25)23-22-17(24)11-26-16-10-4-6-12-5-3-9-15(21)18(12)16/h1-10H,11H2,(H,22,24)(H,23,25). The number of hydrazine groups is 1. The summed E-state index contributed by atoms with van der Waals surface area (Å²) >= 11 is 13.6. The van der Waals surface area contributed by atoms with Crippen LogP contribution >= 0.6 is 35.0 Å². The van der Waals surface area contributed by atoms with Crippen molar-refractivity contribution in [1.29, 1.82) is 0 Å². The molecule has 0 fully saturated rings. The van der Waals surface area contributed by atoms with Gasteiger partial charge in [-0.1, -0.05) is 59.6 Å². The number of carbonyl (C=O) groups is 2. The lowest BCUT2D eigenvalue weighted by Gasteiger charge is -2.10. The number of rotatable bonds is 4. The fourth-order valence-electron chi connectivity index (χ4n) is 2.40. The van der Waals surface area contributed by atoms with Gasteiger partial charge in [-0.2, -0.15) is 0 Å². The molecule has 0 aliphatic rings. The van der Waals surface area contributed by atoms with Gasteiger partial charge in [-0.05, 0) is 29.7 Å². The van der Waals surface area contributed by atoms with Crippen molar-refractivity contribution >= 4 is 57.6 Å². The summed E-state index contributed by atoms with van der Waals surface area (Å²) in [6.07, 6.45) is 0. The minimum absolute atomic E-state index is 0.132. The molecule has 4 nitrogen and oxygen atoms in total. The van der Waals surface area contributed by atoms with E-state index in [2.05, 4.69) is 10.9 Å². The molecule has 0 bridgehead atoms. The van der Waals surface area contributed by atoms with E-state index in [0.29, 0.717) is 15.6 Å². The Kier molecular flexibility index (Phi) is 6.04. The molecule has 26 heavy (non-hydrogen) atoms. The van der Waals surface area contributed by atoms with Crippen LogP contribution in [-0.4, -0.2) is 17.6 Å². The van der Waals surface area contributed by atoms with E-state index in [1.54, 1.807) is 24.3 Å². The highest BCUT2D eigenvalue weighted by Gasteiger charge is 2.12. The van der Waals surface area contributed by atoms with Gasteiger partial charge in [-0.3, -0.25) is 20.4 Å². The number of carbonyl (C=O) groups excluding carboxylic acids is 2. The minimum atomic E-state index is -0.470. The van der Waals surface area contributed by atoms with Crippen molar-refractivity contribution < 1.29 is 9.59 Å². The Morgan fingerprint density at radius 2 is 1.54 bits per heavy atom. The molecule has 0 atom stereocenters. The summed E-state index contributed by atoms with van der Waals surface area (Å²) in [6.45, 7) is 0. The molecule has 3 rings (SSSR count). The lowest BCUT2D eigenvalue weighted by atomic mass is 10.1. The van der Waals surface area contributed by atoms with E-state index in [9.17, 15) is 9.59 Å². The van der Waals surface area contributed by atoms with Crippen molar-refractivity contribution in [2.24, 2.45) is 0 Å². The van der Waals surface area contributed by atoms with Gasteiger partial charge in [0.15, 0.2) is 0 Å². The smallest absolute Gasteiger partial charge is 0.271 e. The SMILES string of the molecule is O=C(CSc1cccc2cccc(Cl)c12)NNC(=O)c1ccccc1Cl. The highest BCUT2D eigenvalue weighted by molar-refractivity contribution is 8.00. The number of fused-ring (bicyclic) bond motifs is 1. The van der Waals surface area contributed by atoms with Gasteiger partial charge in [0.25, 0.3) is 5.91 Å². The Balaban J connectivity index is 1.60. The number of amides is 2. The van der Waals surface area contributed by atoms with E-state index in [1.807, 2.05) is 36.4 Å². The maximum atomic E-state index is 12.0. The van der Waals surface area contributed by atoms with E-state index in [0.717, 1.165) is 15.7 Å². The molecule has 0 saturated heterocycles. The number of hydrogen-bond acceptors (Lipinski definition) is 3. The van der Waals surface area contributed by atoms with Crippen LogP contribution in [0, 0.1) is 0 Å². The second kappa shape index (κ2) is 8.45. The van der Waals surface area contributed by atoms with Crippen molar-refractivity contribution in [2.45, 2.75) is 4.90 Å². The average molecular weight is 405 g/mol. The molecule has 0 aliphatic carbocycles. The molecular weight excluding hydrogens is 391 g/mol. The third-order valence-corrected chi connectivity index (χ3v) is 5.31. The van der Waals surface area contributed by atoms with Crippen LogP contribution in [0.1, 0.15) is 10.4 Å². The topological polar surface area (TPSA) is 58.2 Å². The van der Waals surface area contributed by atoms with Crippen molar-refractivity contribution in [1.82, 2.24) is 10.9 Å². The van der Waals surface area contributed by atoms with E-state index >= 15 is 0 Å². The molecule has 3 aromatic carbocycles. The number of halogens is 2. The fourth-order valence-corrected chi connectivity index (χ4v) is 3.87. The first kappa shape index (κ1) is 18.6. The number of hydrogen-bond donors (Lipinski definition) is 2. The monoisotopic (exact) mass is 404 g/mol. The Hall–Kier alpha value is -2.21. The van der Waals surface area contributed by atoms with Crippen LogP contribution < -0.4 is 10.9 Å². The van der Waals surface area contributed by atoms with Gasteiger partial charge in [0.2, 0.25) is 5.91 Å². The minimum Gasteiger partial charge on any atom is -0.272 e. The van der Waals surface area contributed by atoms with Crippen molar-refractivity contribution in [2.75, 3.05) is 5.75 Å². The zero-order chi connectivity index (χ0) is 18.5. The summed E-state index contributed by atoms with van der Waals surface area (Å²) in [5.74, 6) is -0.672. The normalized spacial score (nSPS) is 10.5. The first-order valence-corrected chi connectivity index (χ1v) is 9.44. The second-order valence-corrected chi connectivity index (χ2v) is 7.20. The Bertz CT molecular complexity index is 973. The molecule has 7 heteroatoms. The molecular formula is C19H14Cl2N2O2S. The third-order valence-electron chi connectivity index (χ3n) is 3.61. The molecule has 0 radical (unpaired) electrons. The van der Waals surface area contributed by atoms with Crippen LogP contribution in [0.15, 0.2) is 65.6 Å². The second-order valence-electron chi connectivity index (χ2n) is 5.36. The van der Waals surface area contributed by atoms with Gasteiger partial charge >= 0.3 is 0 Å². The maximum Gasteiger partial charge on any atom is 0.271 e. The summed E-state index contributed by atoms with van der Waals surface area (Å²) in [5.41, 5.74) is 5.05. The number of nitrogens with one attached hydrogen (secondary N) is 2. The number of thioether (sulfide) groups is 1. The Morgan fingerprint density at radius 3 is 2.31 bits per heavy atom. The van der Waals surface area contributed by atoms with Crippen LogP contribution in [-0.2, 0) is 4.79 Å². The summed E-state index contributed by atoms with van der Waals surface area (Å²) in [4.78, 5) is 25.0. The van der Waals surface area contributed by atoms with Crippen LogP contribution in [0.2, 0.25) is 10.0 Å². The van der Waals surface area contributed by atoms with Crippen LogP contribution in [0.5, 0.6) is 0 Å². The van der Waals surface area contributed by atoms with Crippen molar-refractivity contribution in [3.8, 4) is 0 Å². The van der Waals surface area contributed by atoms with Crippen LogP contribution in [0.3, 0.4) is 0 Å². The highest BCUT2D eigenvalue weighted by Crippen LogP contribution is 2.33. The molecule has 0 aromatic heterocycles. The summed E-state index contributed by atoms with van der Waals surface area (Å²) in [5, 5.41) is 2.88. The fraction of sp³-hybridized carbons (Fsp3) is 0.0526. The highest BCUT2D eigenvalue weighted by atomic mass is 35.5. The molecule has 132 valence electrons. The molecule has 0 unspecified atom stereocenters. The summed E-state index contributed by atoms with van der Waals surface area (Å²) in [6, 6.07) is 18.1. The third kappa shape index (κ3) is 4.30. The van der Waals surface area contributed by atoms with Gasteiger partial charge in [-0.15, -0.1) is 11.8 Å². The molecule has 0 aliphatic heterocycles. The summed E-state index contributed by atoms with van der Waals surface area (Å²) in [7, 11) is 0.